The van der Waals surface area contributed by atoms with Crippen LogP contribution >= 0.6 is 0 Å². The van der Waals surface area contributed by atoms with Crippen LogP contribution in [0.1, 0.15) is 30.5 Å². The summed E-state index contributed by atoms with van der Waals surface area (Å²) in [6, 6.07) is 13.9. The molecular formula is C25H32N2O4. The zero-order chi connectivity index (χ0) is 22.1. The molecule has 1 fully saturated rings. The molecule has 1 amide bonds. The van der Waals surface area contributed by atoms with Crippen LogP contribution in [0.4, 0.5) is 0 Å². The molecule has 0 aliphatic carbocycles. The van der Waals surface area contributed by atoms with Crippen molar-refractivity contribution >= 4 is 12.0 Å². The number of carbonyl (C=O) groups is 1. The van der Waals surface area contributed by atoms with Gasteiger partial charge in [-0.1, -0.05) is 30.3 Å². The lowest BCUT2D eigenvalue weighted by Gasteiger charge is -2.27. The summed E-state index contributed by atoms with van der Waals surface area (Å²) in [7, 11) is 1.61. The number of nitrogens with zero attached hydrogens (tertiary/aromatic N) is 1. The third-order valence-corrected chi connectivity index (χ3v) is 5.05. The van der Waals surface area contributed by atoms with E-state index in [9.17, 15) is 4.79 Å². The number of methoxy groups -OCH3 is 1. The number of nitrogens with one attached hydrogen (secondary N) is 1. The van der Waals surface area contributed by atoms with Crippen molar-refractivity contribution in [1.82, 2.24) is 10.2 Å². The second-order valence-corrected chi connectivity index (χ2v) is 7.79. The molecule has 1 heterocycles. The van der Waals surface area contributed by atoms with Gasteiger partial charge in [0.15, 0.2) is 11.5 Å². The molecule has 6 nitrogen and oxygen atoms in total. The monoisotopic (exact) mass is 424 g/mol. The molecule has 1 N–H and O–H groups in total. The predicted molar refractivity (Wildman–Crippen MR) is 122 cm³/mol. The van der Waals surface area contributed by atoms with Gasteiger partial charge in [-0.3, -0.25) is 9.69 Å². The van der Waals surface area contributed by atoms with Gasteiger partial charge in [0.25, 0.3) is 0 Å². The average molecular weight is 425 g/mol. The highest BCUT2D eigenvalue weighted by Crippen LogP contribution is 2.29. The van der Waals surface area contributed by atoms with Gasteiger partial charge in [-0.05, 0) is 48.7 Å². The predicted octanol–water partition coefficient (Wildman–Crippen LogP) is 3.64. The lowest BCUT2D eigenvalue weighted by atomic mass is 10.1. The Morgan fingerprint density at radius 3 is 2.58 bits per heavy atom. The Bertz CT molecular complexity index is 889. The van der Waals surface area contributed by atoms with E-state index < -0.39 is 0 Å². The number of hydrogen-bond acceptors (Lipinski definition) is 5. The Morgan fingerprint density at radius 2 is 1.87 bits per heavy atom. The molecule has 0 atom stereocenters. The van der Waals surface area contributed by atoms with Crippen LogP contribution in [0.3, 0.4) is 0 Å². The molecule has 2 aromatic carbocycles. The van der Waals surface area contributed by atoms with Crippen molar-refractivity contribution in [2.24, 2.45) is 0 Å². The molecule has 1 aliphatic heterocycles. The fraction of sp³-hybridized carbons (Fsp3) is 0.400. The minimum absolute atomic E-state index is 0.0622. The largest absolute Gasteiger partial charge is 0.493 e. The van der Waals surface area contributed by atoms with Crippen molar-refractivity contribution in [2.45, 2.75) is 33.0 Å². The molecule has 2 aromatic rings. The number of benzene rings is 2. The maximum atomic E-state index is 12.4. The highest BCUT2D eigenvalue weighted by Gasteiger charge is 2.13. The van der Waals surface area contributed by atoms with E-state index in [1.807, 2.05) is 44.2 Å². The molecule has 0 aromatic heterocycles. The van der Waals surface area contributed by atoms with Gasteiger partial charge >= 0.3 is 0 Å². The van der Waals surface area contributed by atoms with Crippen molar-refractivity contribution in [3.8, 4) is 11.5 Å². The van der Waals surface area contributed by atoms with Crippen molar-refractivity contribution in [3.05, 3.63) is 65.2 Å². The topological polar surface area (TPSA) is 60.0 Å². The van der Waals surface area contributed by atoms with Crippen LogP contribution in [-0.2, 0) is 22.6 Å². The van der Waals surface area contributed by atoms with Gasteiger partial charge in [0.05, 0.1) is 26.4 Å². The number of rotatable bonds is 9. The first-order chi connectivity index (χ1) is 15.0. The quantitative estimate of drug-likeness (QED) is 0.623. The molecule has 1 saturated heterocycles. The van der Waals surface area contributed by atoms with E-state index in [2.05, 4.69) is 22.3 Å². The highest BCUT2D eigenvalue weighted by atomic mass is 16.5. The van der Waals surface area contributed by atoms with Crippen LogP contribution < -0.4 is 14.8 Å². The van der Waals surface area contributed by atoms with Gasteiger partial charge in [-0.15, -0.1) is 0 Å². The van der Waals surface area contributed by atoms with Crippen molar-refractivity contribution < 1.29 is 19.0 Å². The summed E-state index contributed by atoms with van der Waals surface area (Å²) in [6.07, 6.45) is 3.38. The molecule has 0 bridgehead atoms. The van der Waals surface area contributed by atoms with Crippen molar-refractivity contribution in [2.75, 3.05) is 33.4 Å². The van der Waals surface area contributed by atoms with Crippen molar-refractivity contribution in [1.29, 1.82) is 0 Å². The van der Waals surface area contributed by atoms with Crippen LogP contribution in [0.25, 0.3) is 6.08 Å². The minimum atomic E-state index is -0.136. The normalized spacial score (nSPS) is 14.7. The lowest BCUT2D eigenvalue weighted by Crippen LogP contribution is -2.36. The number of amides is 1. The number of hydrogen-bond donors (Lipinski definition) is 1. The van der Waals surface area contributed by atoms with Crippen LogP contribution in [0.5, 0.6) is 11.5 Å². The Morgan fingerprint density at radius 1 is 1.13 bits per heavy atom. The fourth-order valence-corrected chi connectivity index (χ4v) is 3.44. The Kier molecular flexibility index (Phi) is 8.50. The van der Waals surface area contributed by atoms with Crippen molar-refractivity contribution in [3.63, 3.8) is 0 Å². The first-order valence-corrected chi connectivity index (χ1v) is 10.7. The molecule has 3 rings (SSSR count). The second-order valence-electron chi connectivity index (χ2n) is 7.79. The molecule has 0 spiro atoms. The first-order valence-electron chi connectivity index (χ1n) is 10.7. The maximum Gasteiger partial charge on any atom is 0.244 e. The van der Waals surface area contributed by atoms with Crippen LogP contribution in [0, 0.1) is 0 Å². The van der Waals surface area contributed by atoms with E-state index >= 15 is 0 Å². The van der Waals surface area contributed by atoms with Gasteiger partial charge in [0.1, 0.15) is 0 Å². The zero-order valence-electron chi connectivity index (χ0n) is 18.6. The molecule has 1 aliphatic rings. The van der Waals surface area contributed by atoms with E-state index in [0.717, 1.165) is 44.0 Å². The summed E-state index contributed by atoms with van der Waals surface area (Å²) >= 11 is 0. The van der Waals surface area contributed by atoms with E-state index in [1.54, 1.807) is 19.3 Å². The molecule has 0 radical (unpaired) electrons. The lowest BCUT2D eigenvalue weighted by molar-refractivity contribution is -0.116. The molecule has 166 valence electrons. The zero-order valence-corrected chi connectivity index (χ0v) is 18.6. The summed E-state index contributed by atoms with van der Waals surface area (Å²) in [5, 5.41) is 2.99. The fourth-order valence-electron chi connectivity index (χ4n) is 3.44. The van der Waals surface area contributed by atoms with Gasteiger partial charge in [0.2, 0.25) is 5.91 Å². The smallest absolute Gasteiger partial charge is 0.244 e. The molecule has 0 unspecified atom stereocenters. The molecule has 0 saturated carbocycles. The molecular weight excluding hydrogens is 392 g/mol. The standard InChI is InChI=1S/C25H32N2O4/c1-19(2)31-23-10-8-20(16-24(23)29-3)9-11-25(28)26-17-21-6-4-5-7-22(21)18-27-12-14-30-15-13-27/h4-11,16,19H,12-15,17-18H2,1-3H3,(H,26,28). The van der Waals surface area contributed by atoms with Gasteiger partial charge < -0.3 is 19.5 Å². The summed E-state index contributed by atoms with van der Waals surface area (Å²) in [6.45, 7) is 8.73. The summed E-state index contributed by atoms with van der Waals surface area (Å²) in [4.78, 5) is 14.8. The van der Waals surface area contributed by atoms with Crippen LogP contribution in [0.15, 0.2) is 48.5 Å². The van der Waals surface area contributed by atoms with Crippen LogP contribution in [0.2, 0.25) is 0 Å². The summed E-state index contributed by atoms with van der Waals surface area (Å²) in [5.74, 6) is 1.20. The summed E-state index contributed by atoms with van der Waals surface area (Å²) in [5.41, 5.74) is 3.24. The van der Waals surface area contributed by atoms with E-state index in [1.165, 1.54) is 5.56 Å². The SMILES string of the molecule is COc1cc(C=CC(=O)NCc2ccccc2CN2CCOCC2)ccc1OC(C)C. The highest BCUT2D eigenvalue weighted by molar-refractivity contribution is 5.91. The van der Waals surface area contributed by atoms with E-state index in [0.29, 0.717) is 18.0 Å². The van der Waals surface area contributed by atoms with Gasteiger partial charge in [-0.25, -0.2) is 0 Å². The number of ether oxygens (including phenoxy) is 3. The summed E-state index contributed by atoms with van der Waals surface area (Å²) < 4.78 is 16.6. The van der Waals surface area contributed by atoms with Gasteiger partial charge in [0, 0.05) is 32.3 Å². The van der Waals surface area contributed by atoms with Crippen LogP contribution in [-0.4, -0.2) is 50.3 Å². The maximum absolute atomic E-state index is 12.4. The minimum Gasteiger partial charge on any atom is -0.493 e. The third-order valence-electron chi connectivity index (χ3n) is 5.05. The first kappa shape index (κ1) is 22.8. The second kappa shape index (κ2) is 11.5. The molecule has 31 heavy (non-hydrogen) atoms. The van der Waals surface area contributed by atoms with Gasteiger partial charge in [-0.2, -0.15) is 0 Å². The number of morpholine rings is 1. The molecule has 6 heteroatoms. The van der Waals surface area contributed by atoms with E-state index in [-0.39, 0.29) is 12.0 Å². The Balaban J connectivity index is 1.57. The number of carbonyl (C=O) groups excluding carboxylic acids is 1. The Labute approximate surface area is 184 Å². The third kappa shape index (κ3) is 7.12. The average Bonchev–Trinajstić information content (AvgIpc) is 2.78. The van der Waals surface area contributed by atoms with E-state index in [4.69, 9.17) is 14.2 Å². The Hall–Kier alpha value is -2.83.